The van der Waals surface area contributed by atoms with Crippen LogP contribution in [0.5, 0.6) is 17.2 Å². The predicted molar refractivity (Wildman–Crippen MR) is 186 cm³/mol. The lowest BCUT2D eigenvalue weighted by atomic mass is 10.0. The van der Waals surface area contributed by atoms with Gasteiger partial charge in [-0.05, 0) is 69.3 Å². The molecular formula is C38H26BF24NO3. The van der Waals surface area contributed by atoms with E-state index in [2.05, 4.69) is 0 Å². The summed E-state index contributed by atoms with van der Waals surface area (Å²) in [6.45, 7) is 2.82. The number of rotatable bonds is 10. The molecule has 0 spiro atoms. The number of halogens is 24. The Kier molecular flexibility index (Phi) is 16.1. The van der Waals surface area contributed by atoms with Gasteiger partial charge < -0.3 is 14.0 Å². The molecule has 0 aliphatic carbocycles. The summed E-state index contributed by atoms with van der Waals surface area (Å²) in [6, 6.07) is 0.808. The number of hydrogen-bond donors (Lipinski definition) is 0. The quantitative estimate of drug-likeness (QED) is 0.0686. The minimum absolute atomic E-state index is 0.0521. The number of alkyl halides is 24. The first-order chi connectivity index (χ1) is 30.1. The summed E-state index contributed by atoms with van der Waals surface area (Å²) in [7, 11) is -3.26. The van der Waals surface area contributed by atoms with Crippen molar-refractivity contribution in [1.82, 2.24) is 4.48 Å². The summed E-state index contributed by atoms with van der Waals surface area (Å²) in [5.74, 6) is -4.69. The average molecular weight is 1010 g/mol. The molecular weight excluding hydrogens is 985 g/mol. The van der Waals surface area contributed by atoms with E-state index in [1.807, 2.05) is 0 Å². The monoisotopic (exact) mass is 1010 g/mol. The van der Waals surface area contributed by atoms with Gasteiger partial charge in [0.25, 0.3) is 0 Å². The second-order valence-electron chi connectivity index (χ2n) is 13.6. The zero-order valence-electron chi connectivity index (χ0n) is 33.3. The van der Waals surface area contributed by atoms with Crippen LogP contribution in [0.15, 0.2) is 66.7 Å². The first-order valence-electron chi connectivity index (χ1n) is 18.0. The van der Waals surface area contributed by atoms with Gasteiger partial charge in [-0.25, -0.2) is 0 Å². The molecule has 0 aromatic heterocycles. The van der Waals surface area contributed by atoms with Crippen LogP contribution in [0.4, 0.5) is 111 Å². The van der Waals surface area contributed by atoms with E-state index in [4.69, 9.17) is 14.0 Å². The molecule has 0 N–H and O–H groups in total. The molecule has 372 valence electrons. The third-order valence-corrected chi connectivity index (χ3v) is 9.25. The van der Waals surface area contributed by atoms with E-state index in [1.165, 1.54) is 20.8 Å². The zero-order chi connectivity index (χ0) is 51.7. The summed E-state index contributed by atoms with van der Waals surface area (Å²) in [5.41, 5.74) is -16.3. The lowest BCUT2D eigenvalue weighted by Gasteiger charge is -2.38. The lowest BCUT2D eigenvalue weighted by Crippen LogP contribution is -2.50. The Morgan fingerprint density at radius 2 is 0.657 bits per heavy atom. The minimum Gasteiger partial charge on any atom is -0.490 e. The maximum absolute atomic E-state index is 14.5. The molecule has 0 radical (unpaired) electrons. The fourth-order valence-corrected chi connectivity index (χ4v) is 5.90. The van der Waals surface area contributed by atoms with Crippen molar-refractivity contribution in [1.29, 1.82) is 0 Å². The van der Waals surface area contributed by atoms with Gasteiger partial charge in [-0.2, -0.15) is 124 Å². The van der Waals surface area contributed by atoms with E-state index in [0.29, 0.717) is 12.1 Å². The molecule has 4 aromatic rings. The van der Waals surface area contributed by atoms with Crippen LogP contribution < -0.4 is 18.4 Å². The van der Waals surface area contributed by atoms with Crippen LogP contribution >= 0.6 is 0 Å². The highest BCUT2D eigenvalue weighted by atomic mass is 19.4. The Morgan fingerprint density at radius 1 is 0.373 bits per heavy atom. The first-order valence-corrected chi connectivity index (χ1v) is 18.0. The van der Waals surface area contributed by atoms with E-state index in [-0.39, 0.29) is 62.1 Å². The third kappa shape index (κ3) is 14.6. The van der Waals surface area contributed by atoms with E-state index < -0.39 is 141 Å². The molecule has 0 fully saturated rings. The van der Waals surface area contributed by atoms with E-state index in [1.54, 1.807) is 6.07 Å². The van der Waals surface area contributed by atoms with Gasteiger partial charge in [0.15, 0.2) is 11.4 Å². The molecule has 0 amide bonds. The van der Waals surface area contributed by atoms with Gasteiger partial charge in [0, 0.05) is 0 Å². The Morgan fingerprint density at radius 3 is 0.925 bits per heavy atom. The molecule has 29 heteroatoms. The zero-order valence-corrected chi connectivity index (χ0v) is 33.3. The highest BCUT2D eigenvalue weighted by molar-refractivity contribution is 6.39. The van der Waals surface area contributed by atoms with Crippen molar-refractivity contribution in [2.24, 2.45) is 0 Å². The topological polar surface area (TPSA) is 27.7 Å². The average Bonchev–Trinajstić information content (AvgIpc) is 3.16. The van der Waals surface area contributed by atoms with Crippen LogP contribution in [0, 0.1) is 6.07 Å². The van der Waals surface area contributed by atoms with Crippen LogP contribution in [0.25, 0.3) is 0 Å². The first kappa shape index (κ1) is 56.0. The molecule has 0 aliphatic rings. The fraction of sp³-hybridized carbons (Fsp3) is 0.368. The maximum atomic E-state index is 14.5. The smallest absolute Gasteiger partial charge is 0.490 e. The van der Waals surface area contributed by atoms with Crippen molar-refractivity contribution in [3.8, 4) is 17.2 Å². The van der Waals surface area contributed by atoms with Crippen molar-refractivity contribution < 1.29 is 119 Å². The second kappa shape index (κ2) is 19.3. The normalized spacial score (nSPS) is 13.5. The van der Waals surface area contributed by atoms with Gasteiger partial charge in [0.05, 0.1) is 47.5 Å². The molecule has 67 heavy (non-hydrogen) atoms. The van der Waals surface area contributed by atoms with Gasteiger partial charge in [0.2, 0.25) is 0 Å². The van der Waals surface area contributed by atoms with E-state index >= 15 is 0 Å². The second-order valence-corrected chi connectivity index (χ2v) is 13.6. The number of hydrogen-bond acceptors (Lipinski definition) is 3. The van der Waals surface area contributed by atoms with Crippen LogP contribution in [0.3, 0.4) is 0 Å². The van der Waals surface area contributed by atoms with Gasteiger partial charge >= 0.3 is 56.7 Å². The molecule has 0 unspecified atom stereocenters. The van der Waals surface area contributed by atoms with Crippen molar-refractivity contribution in [3.05, 3.63) is 117 Å². The number of benzene rings is 4. The van der Waals surface area contributed by atoms with Crippen molar-refractivity contribution in [3.63, 3.8) is 0 Å². The molecule has 4 aromatic carbocycles. The summed E-state index contributed by atoms with van der Waals surface area (Å²) in [5, 5.41) is 0. The number of quaternary nitrogens is 1. The highest BCUT2D eigenvalue weighted by Crippen LogP contribution is 2.49. The summed E-state index contributed by atoms with van der Waals surface area (Å²) in [6.07, 6.45) is -43.1. The maximum Gasteiger partial charge on any atom is 0.864 e. The molecule has 0 bridgehead atoms. The van der Waals surface area contributed by atoms with Crippen LogP contribution in [-0.2, 0) is 49.4 Å². The summed E-state index contributed by atoms with van der Waals surface area (Å²) in [4.78, 5) is 0. The van der Waals surface area contributed by atoms with Gasteiger partial charge in [-0.15, -0.1) is 6.07 Å². The third-order valence-electron chi connectivity index (χ3n) is 9.25. The van der Waals surface area contributed by atoms with Gasteiger partial charge in [-0.3, -0.25) is 4.48 Å². The molecule has 4 nitrogen and oxygen atoms in total. The van der Waals surface area contributed by atoms with Crippen LogP contribution in [0.1, 0.15) is 65.3 Å². The Balaban J connectivity index is 0.000000723. The van der Waals surface area contributed by atoms with Gasteiger partial charge in [0.1, 0.15) is 17.1 Å². The SMILES string of the molecule is CC[N+](CC)(CC)c1c(OB(Oc2cc(C(F)(F)F)cc(C(F)(F)F)c2)Oc2cc(C(F)(F)F)cc(C(F)(F)F)c2)cc(C(F)(F)F)cc1C(F)(F)F.FC(F)(F)c1c[c-]cc(C(F)(F)F)c1. The number of nitrogens with zero attached hydrogens (tertiary/aromatic N) is 1. The van der Waals surface area contributed by atoms with Crippen molar-refractivity contribution in [2.45, 2.75) is 70.2 Å². The minimum atomic E-state index is -5.62. The highest BCUT2D eigenvalue weighted by Gasteiger charge is 2.49. The van der Waals surface area contributed by atoms with Crippen LogP contribution in [0.2, 0.25) is 0 Å². The summed E-state index contributed by atoms with van der Waals surface area (Å²) >= 11 is 0. The summed E-state index contributed by atoms with van der Waals surface area (Å²) < 4.78 is 334. The van der Waals surface area contributed by atoms with E-state index in [9.17, 15) is 105 Å². The van der Waals surface area contributed by atoms with Gasteiger partial charge in [-0.1, -0.05) is 11.1 Å². The predicted octanol–water partition coefficient (Wildman–Crippen LogP) is 15.2. The molecule has 0 saturated carbocycles. The van der Waals surface area contributed by atoms with Crippen molar-refractivity contribution >= 4 is 13.0 Å². The van der Waals surface area contributed by atoms with Crippen LogP contribution in [-0.4, -0.2) is 27.0 Å². The molecule has 0 saturated heterocycles. The largest absolute Gasteiger partial charge is 0.864 e. The molecule has 0 heterocycles. The van der Waals surface area contributed by atoms with E-state index in [0.717, 1.165) is 0 Å². The lowest BCUT2D eigenvalue weighted by molar-refractivity contribution is -0.145. The fourth-order valence-electron chi connectivity index (χ4n) is 5.90. The molecule has 0 aliphatic heterocycles. The van der Waals surface area contributed by atoms with Crippen molar-refractivity contribution in [2.75, 3.05) is 19.6 Å². The Hall–Kier alpha value is -5.38. The Bertz CT molecular complexity index is 2140. The molecule has 0 atom stereocenters. The standard InChI is InChI=1S/C30H23BF18NO3.C8H3F6/c1-4-50(5-2,6-3)24-22(30(47,48)49)13-19(29(44,45)46)14-23(24)53-31(51-20-9-15(25(32,33)34)7-16(10-20)26(35,36)37)52-21-11-17(27(38,39)40)8-18(12-21)28(41,42)43;9-7(10,11)5-2-1-3-6(4-5)8(12,13)14/h7-14H,4-6H2,1-3H3;2-4H/q+1;-1. The molecule has 4 rings (SSSR count). The Labute approximate surface area is 361 Å².